The zero-order valence-corrected chi connectivity index (χ0v) is 14.0. The van der Waals surface area contributed by atoms with E-state index in [1.54, 1.807) is 30.5 Å². The maximum Gasteiger partial charge on any atom is 0.273 e. The van der Waals surface area contributed by atoms with Gasteiger partial charge >= 0.3 is 0 Å². The first-order chi connectivity index (χ1) is 11.1. The lowest BCUT2D eigenvalue weighted by molar-refractivity contribution is 0.0843. The number of hydrazine groups is 1. The molecule has 0 aliphatic rings. The van der Waals surface area contributed by atoms with Gasteiger partial charge in [0.25, 0.3) is 11.8 Å². The maximum absolute atomic E-state index is 12.2. The van der Waals surface area contributed by atoms with Crippen LogP contribution in [0.3, 0.4) is 0 Å². The standard InChI is InChI=1S/C15H14ClN3O3S/c1-22-12-6-5-9(16)8-11(12)14(21)19-18-13(20)10-4-3-7-17-15(10)23-2/h3-8H,1-2H3,(H,18,20)(H,19,21). The van der Waals surface area contributed by atoms with Gasteiger partial charge in [0.2, 0.25) is 0 Å². The topological polar surface area (TPSA) is 80.3 Å². The average molecular weight is 352 g/mol. The van der Waals surface area contributed by atoms with E-state index in [0.29, 0.717) is 21.4 Å². The van der Waals surface area contributed by atoms with Crippen molar-refractivity contribution < 1.29 is 14.3 Å². The van der Waals surface area contributed by atoms with Crippen molar-refractivity contribution in [2.45, 2.75) is 5.03 Å². The summed E-state index contributed by atoms with van der Waals surface area (Å²) in [6.07, 6.45) is 3.41. The monoisotopic (exact) mass is 351 g/mol. The minimum Gasteiger partial charge on any atom is -0.496 e. The lowest BCUT2D eigenvalue weighted by Gasteiger charge is -2.11. The lowest BCUT2D eigenvalue weighted by Crippen LogP contribution is -2.42. The van der Waals surface area contributed by atoms with Gasteiger partial charge in [-0.3, -0.25) is 20.4 Å². The Kier molecular flexibility index (Phi) is 5.84. The van der Waals surface area contributed by atoms with Crippen molar-refractivity contribution in [3.63, 3.8) is 0 Å². The molecule has 0 saturated heterocycles. The fraction of sp³-hybridized carbons (Fsp3) is 0.133. The Morgan fingerprint density at radius 3 is 2.52 bits per heavy atom. The molecule has 2 rings (SSSR count). The van der Waals surface area contributed by atoms with Crippen LogP contribution in [0.25, 0.3) is 0 Å². The molecule has 1 aromatic carbocycles. The highest BCUT2D eigenvalue weighted by Crippen LogP contribution is 2.22. The molecule has 0 spiro atoms. The molecule has 0 aliphatic carbocycles. The molecule has 2 amide bonds. The largest absolute Gasteiger partial charge is 0.496 e. The number of nitrogens with one attached hydrogen (secondary N) is 2. The summed E-state index contributed by atoms with van der Waals surface area (Å²) < 4.78 is 5.10. The molecule has 0 bridgehead atoms. The number of methoxy groups -OCH3 is 1. The quantitative estimate of drug-likeness (QED) is 0.653. The van der Waals surface area contributed by atoms with Crippen molar-refractivity contribution in [3.8, 4) is 5.75 Å². The number of benzene rings is 1. The molecule has 2 aromatic rings. The normalized spacial score (nSPS) is 10.0. The van der Waals surface area contributed by atoms with Crippen LogP contribution < -0.4 is 15.6 Å². The second-order valence-electron chi connectivity index (χ2n) is 4.31. The van der Waals surface area contributed by atoms with Crippen LogP contribution in [0.2, 0.25) is 5.02 Å². The molecule has 0 unspecified atom stereocenters. The molecule has 120 valence electrons. The van der Waals surface area contributed by atoms with Crippen molar-refractivity contribution >= 4 is 35.2 Å². The van der Waals surface area contributed by atoms with Crippen LogP contribution in [0.15, 0.2) is 41.6 Å². The third-order valence-corrected chi connectivity index (χ3v) is 3.85. The first-order valence-electron chi connectivity index (χ1n) is 6.50. The number of halogens is 1. The molecule has 1 heterocycles. The molecular weight excluding hydrogens is 338 g/mol. The zero-order chi connectivity index (χ0) is 16.8. The summed E-state index contributed by atoms with van der Waals surface area (Å²) in [5.41, 5.74) is 5.28. The molecule has 8 heteroatoms. The van der Waals surface area contributed by atoms with Gasteiger partial charge in [-0.25, -0.2) is 4.98 Å². The number of hydrogen-bond donors (Lipinski definition) is 2. The van der Waals surface area contributed by atoms with Crippen LogP contribution in [0.5, 0.6) is 5.75 Å². The van der Waals surface area contributed by atoms with Gasteiger partial charge in [0.15, 0.2) is 0 Å². The first-order valence-corrected chi connectivity index (χ1v) is 8.10. The van der Waals surface area contributed by atoms with Crippen molar-refractivity contribution in [3.05, 3.63) is 52.7 Å². The third-order valence-electron chi connectivity index (χ3n) is 2.90. The molecule has 6 nitrogen and oxygen atoms in total. The molecule has 0 fully saturated rings. The zero-order valence-electron chi connectivity index (χ0n) is 12.4. The summed E-state index contributed by atoms with van der Waals surface area (Å²) in [6.45, 7) is 0. The highest BCUT2D eigenvalue weighted by molar-refractivity contribution is 7.98. The number of ether oxygens (including phenoxy) is 1. The second-order valence-corrected chi connectivity index (χ2v) is 5.54. The van der Waals surface area contributed by atoms with Gasteiger partial charge in [-0.15, -0.1) is 11.8 Å². The van der Waals surface area contributed by atoms with E-state index in [2.05, 4.69) is 15.8 Å². The highest BCUT2D eigenvalue weighted by atomic mass is 35.5. The van der Waals surface area contributed by atoms with Crippen molar-refractivity contribution in [2.24, 2.45) is 0 Å². The number of hydrogen-bond acceptors (Lipinski definition) is 5. The molecular formula is C15H14ClN3O3S. The minimum atomic E-state index is -0.535. The number of rotatable bonds is 4. The van der Waals surface area contributed by atoms with Crippen LogP contribution in [0.4, 0.5) is 0 Å². The molecule has 1 aromatic heterocycles. The summed E-state index contributed by atoms with van der Waals surface area (Å²) in [6, 6.07) is 7.91. The van der Waals surface area contributed by atoms with E-state index in [9.17, 15) is 9.59 Å². The summed E-state index contributed by atoms with van der Waals surface area (Å²) in [5, 5.41) is 0.957. The third kappa shape index (κ3) is 4.14. The fourth-order valence-electron chi connectivity index (χ4n) is 1.83. The van der Waals surface area contributed by atoms with Crippen molar-refractivity contribution in [2.75, 3.05) is 13.4 Å². The van der Waals surface area contributed by atoms with Gasteiger partial charge in [0, 0.05) is 11.2 Å². The van der Waals surface area contributed by atoms with Crippen LogP contribution in [0.1, 0.15) is 20.7 Å². The summed E-state index contributed by atoms with van der Waals surface area (Å²) >= 11 is 7.22. The Labute approximate surface area is 142 Å². The van der Waals surface area contributed by atoms with Crippen LogP contribution in [0, 0.1) is 0 Å². The van der Waals surface area contributed by atoms with E-state index >= 15 is 0 Å². The predicted octanol–water partition coefficient (Wildman–Crippen LogP) is 2.54. The second kappa shape index (κ2) is 7.85. The molecule has 23 heavy (non-hydrogen) atoms. The Morgan fingerprint density at radius 1 is 1.17 bits per heavy atom. The number of nitrogens with zero attached hydrogens (tertiary/aromatic N) is 1. The Balaban J connectivity index is 2.10. The first kappa shape index (κ1) is 17.1. The number of aromatic nitrogens is 1. The van der Waals surface area contributed by atoms with Crippen LogP contribution in [-0.2, 0) is 0 Å². The average Bonchev–Trinajstić information content (AvgIpc) is 2.59. The van der Waals surface area contributed by atoms with E-state index in [0.717, 1.165) is 0 Å². The maximum atomic E-state index is 12.2. The van der Waals surface area contributed by atoms with Gasteiger partial charge < -0.3 is 4.74 Å². The summed E-state index contributed by atoms with van der Waals surface area (Å²) in [5.74, 6) is -0.642. The predicted molar refractivity (Wildman–Crippen MR) is 89.0 cm³/mol. The van der Waals surface area contributed by atoms with E-state index in [-0.39, 0.29) is 5.56 Å². The molecule has 0 saturated carbocycles. The number of amides is 2. The van der Waals surface area contributed by atoms with Gasteiger partial charge in [0.05, 0.1) is 18.2 Å². The van der Waals surface area contributed by atoms with Gasteiger partial charge in [-0.05, 0) is 36.6 Å². The molecule has 2 N–H and O–H groups in total. The Bertz CT molecular complexity index is 740. The van der Waals surface area contributed by atoms with Crippen molar-refractivity contribution in [1.29, 1.82) is 0 Å². The Hall–Kier alpha value is -2.25. The van der Waals surface area contributed by atoms with Crippen molar-refractivity contribution in [1.82, 2.24) is 15.8 Å². The van der Waals surface area contributed by atoms with Gasteiger partial charge in [-0.1, -0.05) is 11.6 Å². The van der Waals surface area contributed by atoms with Crippen LogP contribution >= 0.6 is 23.4 Å². The molecule has 0 aliphatic heterocycles. The van der Waals surface area contributed by atoms with E-state index in [4.69, 9.17) is 16.3 Å². The van der Waals surface area contributed by atoms with E-state index in [1.807, 2.05) is 6.26 Å². The minimum absolute atomic E-state index is 0.219. The SMILES string of the molecule is COc1ccc(Cl)cc1C(=O)NNC(=O)c1cccnc1SC. The van der Waals surface area contributed by atoms with Gasteiger partial charge in [-0.2, -0.15) is 0 Å². The Morgan fingerprint density at radius 2 is 1.87 bits per heavy atom. The van der Waals surface area contributed by atoms with E-state index in [1.165, 1.54) is 24.9 Å². The smallest absolute Gasteiger partial charge is 0.273 e. The highest BCUT2D eigenvalue weighted by Gasteiger charge is 2.16. The number of carbonyl (C=O) groups excluding carboxylic acids is 2. The summed E-state index contributed by atoms with van der Waals surface area (Å²) in [4.78, 5) is 28.4. The van der Waals surface area contributed by atoms with E-state index < -0.39 is 11.8 Å². The molecule has 0 radical (unpaired) electrons. The fourth-order valence-corrected chi connectivity index (χ4v) is 2.55. The summed E-state index contributed by atoms with van der Waals surface area (Å²) in [7, 11) is 1.44. The number of pyridine rings is 1. The molecule has 0 atom stereocenters. The number of carbonyl (C=O) groups is 2. The van der Waals surface area contributed by atoms with Crippen LogP contribution in [-0.4, -0.2) is 30.2 Å². The lowest BCUT2D eigenvalue weighted by atomic mass is 10.2. The number of thioether (sulfide) groups is 1. The van der Waals surface area contributed by atoms with Gasteiger partial charge in [0.1, 0.15) is 10.8 Å².